The van der Waals surface area contributed by atoms with Crippen LogP contribution in [-0.2, 0) is 11.2 Å². The smallest absolute Gasteiger partial charge is 0.358 e. The number of thiazole rings is 1. The maximum absolute atomic E-state index is 11.6. The molecule has 0 saturated heterocycles. The molecule has 98 valence electrons. The van der Waals surface area contributed by atoms with E-state index in [-0.39, 0.29) is 11.5 Å². The predicted molar refractivity (Wildman–Crippen MR) is 72.7 cm³/mol. The number of ether oxygens (including phenoxy) is 1. The Morgan fingerprint density at radius 1 is 1.26 bits per heavy atom. The van der Waals surface area contributed by atoms with E-state index in [1.54, 1.807) is 0 Å². The lowest BCUT2D eigenvalue weighted by Crippen LogP contribution is -2.07. The van der Waals surface area contributed by atoms with Crippen molar-refractivity contribution in [1.82, 2.24) is 4.98 Å². The second-order valence-corrected chi connectivity index (χ2v) is 5.08. The van der Waals surface area contributed by atoms with Gasteiger partial charge in [0.1, 0.15) is 4.88 Å². The molecule has 0 atom stereocenters. The summed E-state index contributed by atoms with van der Waals surface area (Å²) in [6.07, 6.45) is 0.600. The minimum Gasteiger partial charge on any atom is -0.464 e. The molecule has 0 aliphatic rings. The number of ketones is 1. The van der Waals surface area contributed by atoms with Gasteiger partial charge in [0.15, 0.2) is 11.5 Å². The molecule has 19 heavy (non-hydrogen) atoms. The third-order valence-electron chi connectivity index (χ3n) is 2.57. The number of aromatic nitrogens is 1. The van der Waals surface area contributed by atoms with E-state index >= 15 is 0 Å². The molecule has 0 fully saturated rings. The fourth-order valence-corrected chi connectivity index (χ4v) is 2.66. The maximum Gasteiger partial charge on any atom is 0.358 e. The largest absolute Gasteiger partial charge is 0.464 e. The van der Waals surface area contributed by atoms with Crippen molar-refractivity contribution in [2.45, 2.75) is 13.3 Å². The van der Waals surface area contributed by atoms with Crippen LogP contribution in [-0.4, -0.2) is 23.8 Å². The Morgan fingerprint density at radius 2 is 1.95 bits per heavy atom. The Balaban J connectivity index is 2.33. The number of rotatable bonds is 4. The van der Waals surface area contributed by atoms with Gasteiger partial charge >= 0.3 is 5.97 Å². The monoisotopic (exact) mass is 275 g/mol. The van der Waals surface area contributed by atoms with E-state index in [4.69, 9.17) is 0 Å². The van der Waals surface area contributed by atoms with E-state index in [0.29, 0.717) is 11.3 Å². The van der Waals surface area contributed by atoms with Gasteiger partial charge in [0.25, 0.3) is 0 Å². The summed E-state index contributed by atoms with van der Waals surface area (Å²) in [7, 11) is 1.28. The van der Waals surface area contributed by atoms with Gasteiger partial charge in [0, 0.05) is 13.3 Å². The molecule has 0 unspecified atom stereocenters. The molecule has 4 nitrogen and oxygen atoms in total. The fraction of sp³-hybridized carbons (Fsp3) is 0.214. The molecule has 0 saturated carbocycles. The number of methoxy groups -OCH3 is 1. The molecule has 2 aromatic rings. The molecule has 1 heterocycles. The van der Waals surface area contributed by atoms with Gasteiger partial charge < -0.3 is 4.74 Å². The summed E-state index contributed by atoms with van der Waals surface area (Å²) in [4.78, 5) is 27.7. The van der Waals surface area contributed by atoms with Crippen LogP contribution in [0.3, 0.4) is 0 Å². The number of esters is 1. The first kappa shape index (κ1) is 13.4. The van der Waals surface area contributed by atoms with E-state index in [1.807, 2.05) is 30.3 Å². The number of carbonyl (C=O) groups is 2. The number of nitrogens with zero attached hydrogens (tertiary/aromatic N) is 1. The molecule has 2 rings (SSSR count). The number of Topliss-reactive ketones (excluding diaryl/α,β-unsaturated/α-hetero) is 1. The second-order valence-electron chi connectivity index (χ2n) is 4.00. The quantitative estimate of drug-likeness (QED) is 0.636. The van der Waals surface area contributed by atoms with Crippen LogP contribution in [0.1, 0.15) is 37.7 Å². The molecule has 1 aromatic carbocycles. The molecule has 0 spiro atoms. The van der Waals surface area contributed by atoms with Crippen molar-refractivity contribution in [3.05, 3.63) is 51.5 Å². The fourth-order valence-electron chi connectivity index (χ4n) is 1.68. The van der Waals surface area contributed by atoms with Crippen molar-refractivity contribution in [2.24, 2.45) is 0 Å². The van der Waals surface area contributed by atoms with Crippen LogP contribution in [0.4, 0.5) is 0 Å². The molecule has 0 aliphatic heterocycles. The maximum atomic E-state index is 11.6. The van der Waals surface area contributed by atoms with E-state index in [9.17, 15) is 9.59 Å². The summed E-state index contributed by atoms with van der Waals surface area (Å²) in [5.41, 5.74) is 1.20. The first-order valence-electron chi connectivity index (χ1n) is 5.74. The summed E-state index contributed by atoms with van der Waals surface area (Å²) in [5, 5.41) is 0.733. The van der Waals surface area contributed by atoms with Crippen LogP contribution in [0.15, 0.2) is 30.3 Å². The van der Waals surface area contributed by atoms with Crippen LogP contribution in [0.5, 0.6) is 0 Å². The van der Waals surface area contributed by atoms with Gasteiger partial charge in [0.05, 0.1) is 12.1 Å². The first-order valence-corrected chi connectivity index (χ1v) is 6.56. The lowest BCUT2D eigenvalue weighted by atomic mass is 10.2. The van der Waals surface area contributed by atoms with Gasteiger partial charge in [-0.3, -0.25) is 4.79 Å². The minimum atomic E-state index is -0.569. The molecule has 1 aromatic heterocycles. The normalized spacial score (nSPS) is 10.2. The zero-order valence-electron chi connectivity index (χ0n) is 10.7. The highest BCUT2D eigenvalue weighted by molar-refractivity contribution is 7.14. The Kier molecular flexibility index (Phi) is 4.06. The van der Waals surface area contributed by atoms with Crippen LogP contribution < -0.4 is 0 Å². The van der Waals surface area contributed by atoms with Gasteiger partial charge in [-0.2, -0.15) is 0 Å². The zero-order chi connectivity index (χ0) is 13.8. The summed E-state index contributed by atoms with van der Waals surface area (Å²) in [6.45, 7) is 1.42. The van der Waals surface area contributed by atoms with Crippen molar-refractivity contribution in [3.63, 3.8) is 0 Å². The van der Waals surface area contributed by atoms with Crippen LogP contribution >= 0.6 is 11.3 Å². The van der Waals surface area contributed by atoms with Crippen molar-refractivity contribution < 1.29 is 14.3 Å². The predicted octanol–water partition coefficient (Wildman–Crippen LogP) is 2.72. The molecule has 0 radical (unpaired) electrons. The number of hydrogen-bond donors (Lipinski definition) is 0. The van der Waals surface area contributed by atoms with Crippen LogP contribution in [0, 0.1) is 0 Å². The number of benzene rings is 1. The van der Waals surface area contributed by atoms with Crippen molar-refractivity contribution in [1.29, 1.82) is 0 Å². The third kappa shape index (κ3) is 3.06. The van der Waals surface area contributed by atoms with Gasteiger partial charge in [-0.25, -0.2) is 9.78 Å². The van der Waals surface area contributed by atoms with Crippen molar-refractivity contribution in [3.8, 4) is 0 Å². The lowest BCUT2D eigenvalue weighted by Gasteiger charge is -1.96. The lowest BCUT2D eigenvalue weighted by molar-refractivity contribution is 0.0591. The molecule has 0 bridgehead atoms. The average molecular weight is 275 g/mol. The first-order chi connectivity index (χ1) is 9.11. The Morgan fingerprint density at radius 3 is 2.53 bits per heavy atom. The number of carbonyl (C=O) groups excluding carboxylic acids is 2. The summed E-state index contributed by atoms with van der Waals surface area (Å²) >= 11 is 1.24. The Labute approximate surface area is 115 Å². The summed E-state index contributed by atoms with van der Waals surface area (Å²) in [5.74, 6) is -0.738. The van der Waals surface area contributed by atoms with Gasteiger partial charge in [0.2, 0.25) is 0 Å². The molecule has 0 amide bonds. The standard InChI is InChI=1S/C14H13NO3S/c1-9(16)13-12(14(17)18-2)15-11(19-13)8-10-6-4-3-5-7-10/h3-7H,8H2,1-2H3. The van der Waals surface area contributed by atoms with E-state index < -0.39 is 5.97 Å². The Hall–Kier alpha value is -2.01. The highest BCUT2D eigenvalue weighted by Crippen LogP contribution is 2.22. The van der Waals surface area contributed by atoms with E-state index in [2.05, 4.69) is 9.72 Å². The highest BCUT2D eigenvalue weighted by atomic mass is 32.1. The van der Waals surface area contributed by atoms with E-state index in [0.717, 1.165) is 10.6 Å². The van der Waals surface area contributed by atoms with Crippen LogP contribution in [0.2, 0.25) is 0 Å². The van der Waals surface area contributed by atoms with E-state index in [1.165, 1.54) is 25.4 Å². The SMILES string of the molecule is COC(=O)c1nc(Cc2ccccc2)sc1C(C)=O. The van der Waals surface area contributed by atoms with Crippen molar-refractivity contribution >= 4 is 23.1 Å². The highest BCUT2D eigenvalue weighted by Gasteiger charge is 2.21. The third-order valence-corrected chi connectivity index (χ3v) is 3.72. The second kappa shape index (κ2) is 5.75. The summed E-state index contributed by atoms with van der Waals surface area (Å²) in [6, 6.07) is 9.78. The average Bonchev–Trinajstić information content (AvgIpc) is 2.83. The topological polar surface area (TPSA) is 56.3 Å². The number of hydrogen-bond acceptors (Lipinski definition) is 5. The van der Waals surface area contributed by atoms with Gasteiger partial charge in [-0.1, -0.05) is 30.3 Å². The van der Waals surface area contributed by atoms with Crippen molar-refractivity contribution in [2.75, 3.05) is 7.11 Å². The zero-order valence-corrected chi connectivity index (χ0v) is 11.5. The van der Waals surface area contributed by atoms with Gasteiger partial charge in [-0.15, -0.1) is 11.3 Å². The molecule has 5 heteroatoms. The minimum absolute atomic E-state index is 0.117. The Bertz CT molecular complexity index is 604. The van der Waals surface area contributed by atoms with Gasteiger partial charge in [-0.05, 0) is 5.56 Å². The molecule has 0 N–H and O–H groups in total. The molecule has 0 aliphatic carbocycles. The molecular weight excluding hydrogens is 262 g/mol. The molecular formula is C14H13NO3S. The van der Waals surface area contributed by atoms with Crippen LogP contribution in [0.25, 0.3) is 0 Å². The summed E-state index contributed by atoms with van der Waals surface area (Å²) < 4.78 is 4.64.